The number of hydrogen-bond acceptors (Lipinski definition) is 4. The summed E-state index contributed by atoms with van der Waals surface area (Å²) < 4.78 is 47.8. The van der Waals surface area contributed by atoms with Crippen molar-refractivity contribution in [1.82, 2.24) is 9.88 Å². The Kier molecular flexibility index (Phi) is 9.24. The van der Waals surface area contributed by atoms with E-state index in [-0.39, 0.29) is 23.8 Å². The van der Waals surface area contributed by atoms with Gasteiger partial charge in [0.05, 0.1) is 24.7 Å². The minimum atomic E-state index is -1.18. The molecule has 1 aliphatic heterocycles. The van der Waals surface area contributed by atoms with Gasteiger partial charge in [-0.15, -0.1) is 0 Å². The van der Waals surface area contributed by atoms with Gasteiger partial charge < -0.3 is 9.84 Å². The van der Waals surface area contributed by atoms with Gasteiger partial charge in [-0.25, -0.2) is 13.2 Å². The molecule has 2 heterocycles. The molecule has 1 aromatic heterocycles. The van der Waals surface area contributed by atoms with Crippen LogP contribution in [0.2, 0.25) is 0 Å². The predicted molar refractivity (Wildman–Crippen MR) is 140 cm³/mol. The molecular weight excluding hydrogens is 493 g/mol. The Hall–Kier alpha value is -3.57. The maximum Gasteiger partial charge on any atom is 0.303 e. The number of carboxylic acids is 1. The summed E-state index contributed by atoms with van der Waals surface area (Å²) in [5.41, 5.74) is 1.43. The maximum atomic E-state index is 15.5. The van der Waals surface area contributed by atoms with Gasteiger partial charge in [-0.1, -0.05) is 11.8 Å². The SMILES string of the molecule is COc1ccc2nccc(C(F)CC[C@@H]3CCN(CC#Cc4ccc(F)cc4F)C[C@@H]3CCC(=O)O)c2c1. The van der Waals surface area contributed by atoms with Crippen LogP contribution < -0.4 is 4.74 Å². The molecule has 3 aromatic rings. The molecule has 8 heteroatoms. The first kappa shape index (κ1) is 27.5. The number of nitrogens with zero attached hydrogens (tertiary/aromatic N) is 2. The van der Waals surface area contributed by atoms with E-state index in [1.165, 1.54) is 12.1 Å². The fraction of sp³-hybridized carbons (Fsp3) is 0.400. The minimum absolute atomic E-state index is 0.0509. The van der Waals surface area contributed by atoms with Crippen molar-refractivity contribution >= 4 is 16.9 Å². The Bertz CT molecular complexity index is 1340. The van der Waals surface area contributed by atoms with E-state index in [9.17, 15) is 18.7 Å². The molecule has 38 heavy (non-hydrogen) atoms. The normalized spacial score (nSPS) is 18.5. The third-order valence-electron chi connectivity index (χ3n) is 7.27. The zero-order valence-corrected chi connectivity index (χ0v) is 21.3. The number of halogens is 3. The number of alkyl halides is 1. The molecule has 5 nitrogen and oxygen atoms in total. The fourth-order valence-corrected chi connectivity index (χ4v) is 5.22. The molecule has 0 spiro atoms. The summed E-state index contributed by atoms with van der Waals surface area (Å²) in [4.78, 5) is 17.7. The largest absolute Gasteiger partial charge is 0.497 e. The van der Waals surface area contributed by atoms with E-state index in [4.69, 9.17) is 4.74 Å². The highest BCUT2D eigenvalue weighted by atomic mass is 19.1. The molecule has 3 atom stereocenters. The Morgan fingerprint density at radius 2 is 2.03 bits per heavy atom. The molecule has 1 aliphatic rings. The molecule has 0 amide bonds. The van der Waals surface area contributed by atoms with Gasteiger partial charge in [0, 0.05) is 30.6 Å². The second-order valence-electron chi connectivity index (χ2n) is 9.73. The summed E-state index contributed by atoms with van der Waals surface area (Å²) in [6.07, 6.45) is 2.76. The van der Waals surface area contributed by atoms with E-state index in [0.717, 1.165) is 24.4 Å². The quantitative estimate of drug-likeness (QED) is 0.340. The lowest BCUT2D eigenvalue weighted by atomic mass is 9.79. The summed E-state index contributed by atoms with van der Waals surface area (Å²) in [5.74, 6) is 4.43. The van der Waals surface area contributed by atoms with Crippen molar-refractivity contribution in [3.05, 3.63) is 71.4 Å². The molecule has 0 bridgehead atoms. The number of fused-ring (bicyclic) bond motifs is 1. The first-order valence-electron chi connectivity index (χ1n) is 12.8. The van der Waals surface area contributed by atoms with Crippen LogP contribution in [0.5, 0.6) is 5.75 Å². The molecule has 0 aliphatic carbocycles. The van der Waals surface area contributed by atoms with Crippen molar-refractivity contribution in [2.45, 2.75) is 38.3 Å². The van der Waals surface area contributed by atoms with Crippen LogP contribution in [0.15, 0.2) is 48.7 Å². The lowest BCUT2D eigenvalue weighted by Gasteiger charge is -2.38. The second kappa shape index (κ2) is 12.8. The lowest BCUT2D eigenvalue weighted by molar-refractivity contribution is -0.137. The standard InChI is InChI=1S/C30H31F3N2O3/c1-38-24-8-10-29-26(18-24)25(12-14-34-29)27(32)9-5-20-13-16-35(19-22(20)6-11-30(36)37)15-2-3-21-4-7-23(31)17-28(21)33/h4,7-8,10,12,14,17-18,20,22,27H,5-6,9,11,13,15-16,19H2,1H3,(H,36,37)/t20-,22+,27?/m1/s1. The highest BCUT2D eigenvalue weighted by molar-refractivity contribution is 5.83. The van der Waals surface area contributed by atoms with Crippen LogP contribution in [0, 0.1) is 35.3 Å². The van der Waals surface area contributed by atoms with Crippen molar-refractivity contribution in [2.75, 3.05) is 26.7 Å². The number of carboxylic acid groups (broad SMARTS) is 1. The molecule has 0 radical (unpaired) electrons. The average molecular weight is 525 g/mol. The Labute approximate surface area is 220 Å². The van der Waals surface area contributed by atoms with Crippen LogP contribution in [0.3, 0.4) is 0 Å². The highest BCUT2D eigenvalue weighted by Gasteiger charge is 2.30. The molecular formula is C30H31F3N2O3. The number of benzene rings is 2. The molecule has 4 rings (SSSR count). The average Bonchev–Trinajstić information content (AvgIpc) is 2.91. The van der Waals surface area contributed by atoms with Gasteiger partial charge in [-0.2, -0.15) is 0 Å². The van der Waals surface area contributed by atoms with E-state index in [1.807, 2.05) is 6.07 Å². The van der Waals surface area contributed by atoms with Crippen molar-refractivity contribution in [2.24, 2.45) is 11.8 Å². The summed E-state index contributed by atoms with van der Waals surface area (Å²) in [6.45, 7) is 1.77. The molecule has 200 valence electrons. The number of aromatic nitrogens is 1. The zero-order valence-electron chi connectivity index (χ0n) is 21.3. The molecule has 2 aromatic carbocycles. The van der Waals surface area contributed by atoms with E-state index in [2.05, 4.69) is 21.7 Å². The number of likely N-dealkylation sites (tertiary alicyclic amines) is 1. The van der Waals surface area contributed by atoms with Crippen LogP contribution in [0.25, 0.3) is 10.9 Å². The van der Waals surface area contributed by atoms with Gasteiger partial charge >= 0.3 is 5.97 Å². The fourth-order valence-electron chi connectivity index (χ4n) is 5.22. The van der Waals surface area contributed by atoms with Crippen LogP contribution >= 0.6 is 0 Å². The number of hydrogen-bond donors (Lipinski definition) is 1. The van der Waals surface area contributed by atoms with Gasteiger partial charge in [0.2, 0.25) is 0 Å². The minimum Gasteiger partial charge on any atom is -0.497 e. The van der Waals surface area contributed by atoms with Crippen LogP contribution in [0.1, 0.15) is 49.4 Å². The van der Waals surface area contributed by atoms with Crippen molar-refractivity contribution in [1.29, 1.82) is 0 Å². The highest BCUT2D eigenvalue weighted by Crippen LogP contribution is 2.36. The van der Waals surface area contributed by atoms with E-state index in [0.29, 0.717) is 49.2 Å². The number of pyridine rings is 1. The molecule has 1 N–H and O–H groups in total. The monoisotopic (exact) mass is 524 g/mol. The Balaban J connectivity index is 1.40. The Morgan fingerprint density at radius 1 is 1.18 bits per heavy atom. The second-order valence-corrected chi connectivity index (χ2v) is 9.73. The van der Waals surface area contributed by atoms with Crippen molar-refractivity contribution < 1.29 is 27.8 Å². The zero-order chi connectivity index (χ0) is 27.1. The number of piperidine rings is 1. The third-order valence-corrected chi connectivity index (χ3v) is 7.27. The van der Waals surface area contributed by atoms with Gasteiger partial charge in [0.1, 0.15) is 23.6 Å². The van der Waals surface area contributed by atoms with Gasteiger partial charge in [-0.05, 0) is 86.0 Å². The maximum absolute atomic E-state index is 15.5. The topological polar surface area (TPSA) is 62.7 Å². The third kappa shape index (κ3) is 7.05. The first-order valence-corrected chi connectivity index (χ1v) is 12.8. The van der Waals surface area contributed by atoms with Crippen LogP contribution in [0.4, 0.5) is 13.2 Å². The first-order chi connectivity index (χ1) is 18.3. The summed E-state index contributed by atoms with van der Waals surface area (Å²) in [5, 5.41) is 9.97. The predicted octanol–water partition coefficient (Wildman–Crippen LogP) is 6.17. The molecule has 0 saturated carbocycles. The van der Waals surface area contributed by atoms with Crippen LogP contribution in [-0.2, 0) is 4.79 Å². The van der Waals surface area contributed by atoms with Crippen molar-refractivity contribution in [3.63, 3.8) is 0 Å². The van der Waals surface area contributed by atoms with Gasteiger partial charge in [0.25, 0.3) is 0 Å². The van der Waals surface area contributed by atoms with E-state index in [1.54, 1.807) is 31.5 Å². The summed E-state index contributed by atoms with van der Waals surface area (Å²) >= 11 is 0. The van der Waals surface area contributed by atoms with Crippen molar-refractivity contribution in [3.8, 4) is 17.6 Å². The van der Waals surface area contributed by atoms with E-state index < -0.39 is 23.8 Å². The number of aliphatic carboxylic acids is 1. The molecule has 1 unspecified atom stereocenters. The molecule has 1 fully saturated rings. The number of methoxy groups -OCH3 is 1. The smallest absolute Gasteiger partial charge is 0.303 e. The summed E-state index contributed by atoms with van der Waals surface area (Å²) in [7, 11) is 1.57. The number of ether oxygens (including phenoxy) is 1. The van der Waals surface area contributed by atoms with Gasteiger partial charge in [0.15, 0.2) is 0 Å². The van der Waals surface area contributed by atoms with Crippen LogP contribution in [-0.4, -0.2) is 47.7 Å². The number of carbonyl (C=O) groups is 1. The summed E-state index contributed by atoms with van der Waals surface area (Å²) in [6, 6.07) is 10.4. The molecule has 1 saturated heterocycles. The number of rotatable bonds is 9. The lowest BCUT2D eigenvalue weighted by Crippen LogP contribution is -2.41. The van der Waals surface area contributed by atoms with E-state index >= 15 is 4.39 Å². The van der Waals surface area contributed by atoms with Gasteiger partial charge in [-0.3, -0.25) is 14.7 Å². The Morgan fingerprint density at radius 3 is 2.79 bits per heavy atom.